The lowest BCUT2D eigenvalue weighted by molar-refractivity contribution is 0.0798. The summed E-state index contributed by atoms with van der Waals surface area (Å²) in [5.41, 5.74) is 0.370. The van der Waals surface area contributed by atoms with E-state index in [2.05, 4.69) is 51.9 Å². The van der Waals surface area contributed by atoms with Gasteiger partial charge in [-0.15, -0.1) is 0 Å². The van der Waals surface area contributed by atoms with E-state index in [0.29, 0.717) is 17.5 Å². The molecule has 0 amide bonds. The van der Waals surface area contributed by atoms with Crippen molar-refractivity contribution in [1.82, 2.24) is 10.2 Å². The normalized spacial score (nSPS) is 31.6. The van der Waals surface area contributed by atoms with Gasteiger partial charge in [-0.25, -0.2) is 0 Å². The minimum Gasteiger partial charge on any atom is -0.311 e. The van der Waals surface area contributed by atoms with Crippen molar-refractivity contribution in [3.05, 3.63) is 0 Å². The highest BCUT2D eigenvalue weighted by atomic mass is 15.2. The Hall–Kier alpha value is -0.0800. The molecule has 1 heterocycles. The molecule has 1 saturated heterocycles. The second-order valence-corrected chi connectivity index (χ2v) is 6.22. The Morgan fingerprint density at radius 3 is 2.40 bits per heavy atom. The molecular formula is C13H28N2. The van der Waals surface area contributed by atoms with Crippen LogP contribution in [0.1, 0.15) is 41.0 Å². The van der Waals surface area contributed by atoms with Gasteiger partial charge in [-0.2, -0.15) is 0 Å². The van der Waals surface area contributed by atoms with Crippen molar-refractivity contribution in [3.8, 4) is 0 Å². The van der Waals surface area contributed by atoms with E-state index in [0.717, 1.165) is 12.5 Å². The molecule has 1 fully saturated rings. The summed E-state index contributed by atoms with van der Waals surface area (Å²) in [7, 11) is 2.27. The van der Waals surface area contributed by atoms with Gasteiger partial charge in [0.05, 0.1) is 0 Å². The Morgan fingerprint density at radius 1 is 1.40 bits per heavy atom. The summed E-state index contributed by atoms with van der Waals surface area (Å²) in [6.45, 7) is 13.9. The maximum atomic E-state index is 3.71. The van der Waals surface area contributed by atoms with Crippen molar-refractivity contribution in [3.63, 3.8) is 0 Å². The van der Waals surface area contributed by atoms with Gasteiger partial charge < -0.3 is 10.2 Å². The maximum absolute atomic E-state index is 3.71. The molecular weight excluding hydrogens is 184 g/mol. The summed E-state index contributed by atoms with van der Waals surface area (Å²) >= 11 is 0. The van der Waals surface area contributed by atoms with Gasteiger partial charge in [0, 0.05) is 25.2 Å². The van der Waals surface area contributed by atoms with Crippen molar-refractivity contribution in [2.24, 2.45) is 11.3 Å². The molecule has 0 spiro atoms. The molecule has 1 rings (SSSR count). The van der Waals surface area contributed by atoms with Crippen molar-refractivity contribution < 1.29 is 0 Å². The van der Waals surface area contributed by atoms with Gasteiger partial charge in [0.2, 0.25) is 0 Å². The summed E-state index contributed by atoms with van der Waals surface area (Å²) in [5.74, 6) is 0.795. The minimum atomic E-state index is 0.370. The largest absolute Gasteiger partial charge is 0.311 e. The van der Waals surface area contributed by atoms with Gasteiger partial charge >= 0.3 is 0 Å². The number of rotatable bonds is 2. The Morgan fingerprint density at radius 2 is 2.00 bits per heavy atom. The third kappa shape index (κ3) is 3.18. The molecule has 3 unspecified atom stereocenters. The smallest absolute Gasteiger partial charge is 0.0244 e. The van der Waals surface area contributed by atoms with E-state index in [4.69, 9.17) is 0 Å². The van der Waals surface area contributed by atoms with E-state index in [1.54, 1.807) is 0 Å². The van der Waals surface area contributed by atoms with Crippen LogP contribution < -0.4 is 5.32 Å². The fourth-order valence-electron chi connectivity index (χ4n) is 2.39. The second-order valence-electron chi connectivity index (χ2n) is 6.22. The van der Waals surface area contributed by atoms with Crippen LogP contribution in [0.4, 0.5) is 0 Å². The zero-order chi connectivity index (χ0) is 11.6. The number of nitrogens with zero attached hydrogens (tertiary/aromatic N) is 1. The Bertz CT molecular complexity index is 195. The fourth-order valence-corrected chi connectivity index (χ4v) is 2.39. The zero-order valence-corrected chi connectivity index (χ0v) is 11.3. The summed E-state index contributed by atoms with van der Waals surface area (Å²) in [6.07, 6.45) is 1.27. The van der Waals surface area contributed by atoms with Crippen molar-refractivity contribution in [2.75, 3.05) is 20.1 Å². The van der Waals surface area contributed by atoms with Crippen LogP contribution in [0.15, 0.2) is 0 Å². The highest BCUT2D eigenvalue weighted by Crippen LogP contribution is 2.25. The Labute approximate surface area is 95.4 Å². The van der Waals surface area contributed by atoms with Crippen LogP contribution in [0, 0.1) is 11.3 Å². The summed E-state index contributed by atoms with van der Waals surface area (Å²) in [6, 6.07) is 1.34. The summed E-state index contributed by atoms with van der Waals surface area (Å²) in [5, 5.41) is 3.71. The predicted octanol–water partition coefficient (Wildman–Crippen LogP) is 2.35. The van der Waals surface area contributed by atoms with Crippen molar-refractivity contribution in [1.29, 1.82) is 0 Å². The minimum absolute atomic E-state index is 0.370. The highest BCUT2D eigenvalue weighted by Gasteiger charge is 2.33. The molecule has 15 heavy (non-hydrogen) atoms. The lowest BCUT2D eigenvalue weighted by atomic mass is 9.83. The van der Waals surface area contributed by atoms with Gasteiger partial charge in [0.15, 0.2) is 0 Å². The van der Waals surface area contributed by atoms with Crippen molar-refractivity contribution >= 4 is 0 Å². The van der Waals surface area contributed by atoms with E-state index in [-0.39, 0.29) is 0 Å². The third-order valence-electron chi connectivity index (χ3n) is 3.96. The number of hydrogen-bond acceptors (Lipinski definition) is 2. The van der Waals surface area contributed by atoms with E-state index in [1.165, 1.54) is 13.0 Å². The SMILES string of the molecule is CCC(C)C1CNC(C(C)(C)C)CN1C. The van der Waals surface area contributed by atoms with Crippen LogP contribution in [0.5, 0.6) is 0 Å². The number of likely N-dealkylation sites (N-methyl/N-ethyl adjacent to an activating group) is 1. The van der Waals surface area contributed by atoms with Gasteiger partial charge in [0.1, 0.15) is 0 Å². The molecule has 2 heteroatoms. The van der Waals surface area contributed by atoms with Gasteiger partial charge in [-0.1, -0.05) is 41.0 Å². The first kappa shape index (κ1) is 13.0. The van der Waals surface area contributed by atoms with Crippen LogP contribution in [0.2, 0.25) is 0 Å². The van der Waals surface area contributed by atoms with E-state index < -0.39 is 0 Å². The fraction of sp³-hybridized carbons (Fsp3) is 1.00. The molecule has 1 aliphatic rings. The lowest BCUT2D eigenvalue weighted by Gasteiger charge is -2.45. The van der Waals surface area contributed by atoms with E-state index >= 15 is 0 Å². The molecule has 0 saturated carbocycles. The Balaban J connectivity index is 2.55. The van der Waals surface area contributed by atoms with Gasteiger partial charge in [-0.3, -0.25) is 0 Å². The topological polar surface area (TPSA) is 15.3 Å². The summed E-state index contributed by atoms with van der Waals surface area (Å²) in [4.78, 5) is 2.54. The van der Waals surface area contributed by atoms with E-state index in [1.807, 2.05) is 0 Å². The molecule has 0 aliphatic carbocycles. The molecule has 0 aromatic carbocycles. The highest BCUT2D eigenvalue weighted by molar-refractivity contribution is 4.91. The number of nitrogens with one attached hydrogen (secondary N) is 1. The lowest BCUT2D eigenvalue weighted by Crippen LogP contribution is -2.60. The van der Waals surface area contributed by atoms with Gasteiger partial charge in [-0.05, 0) is 18.4 Å². The zero-order valence-electron chi connectivity index (χ0n) is 11.3. The molecule has 1 N–H and O–H groups in total. The molecule has 0 bridgehead atoms. The quantitative estimate of drug-likeness (QED) is 0.756. The predicted molar refractivity (Wildman–Crippen MR) is 67.1 cm³/mol. The maximum Gasteiger partial charge on any atom is 0.0244 e. The molecule has 0 aromatic heterocycles. The van der Waals surface area contributed by atoms with Crippen LogP contribution >= 0.6 is 0 Å². The van der Waals surface area contributed by atoms with Crippen LogP contribution in [0.3, 0.4) is 0 Å². The van der Waals surface area contributed by atoms with Crippen LogP contribution in [-0.4, -0.2) is 37.1 Å². The van der Waals surface area contributed by atoms with Crippen LogP contribution in [0.25, 0.3) is 0 Å². The van der Waals surface area contributed by atoms with E-state index in [9.17, 15) is 0 Å². The molecule has 2 nitrogen and oxygen atoms in total. The summed E-state index contributed by atoms with van der Waals surface area (Å²) < 4.78 is 0. The Kier molecular flexibility index (Phi) is 4.19. The first-order chi connectivity index (χ1) is 6.86. The molecule has 1 aliphatic heterocycles. The average molecular weight is 212 g/mol. The molecule has 90 valence electrons. The first-order valence-electron chi connectivity index (χ1n) is 6.30. The second kappa shape index (κ2) is 4.84. The van der Waals surface area contributed by atoms with Crippen molar-refractivity contribution in [2.45, 2.75) is 53.1 Å². The third-order valence-corrected chi connectivity index (χ3v) is 3.96. The molecule has 0 aromatic rings. The number of piperazine rings is 1. The standard InChI is InChI=1S/C13H28N2/c1-7-10(2)11-8-14-12(9-15(11)6)13(3,4)5/h10-12,14H,7-9H2,1-6H3. The average Bonchev–Trinajstić information content (AvgIpc) is 2.15. The first-order valence-corrected chi connectivity index (χ1v) is 6.30. The molecule has 3 atom stereocenters. The van der Waals surface area contributed by atoms with Crippen LogP contribution in [-0.2, 0) is 0 Å². The monoisotopic (exact) mass is 212 g/mol. The molecule has 0 radical (unpaired) electrons. The number of hydrogen-bond donors (Lipinski definition) is 1. The van der Waals surface area contributed by atoms with Gasteiger partial charge in [0.25, 0.3) is 0 Å².